The van der Waals surface area contributed by atoms with Gasteiger partial charge < -0.3 is 20.3 Å². The van der Waals surface area contributed by atoms with E-state index in [4.69, 9.17) is 4.74 Å². The zero-order valence-electron chi connectivity index (χ0n) is 17.6. The summed E-state index contributed by atoms with van der Waals surface area (Å²) in [7, 11) is 3.51. The van der Waals surface area contributed by atoms with Gasteiger partial charge in [-0.2, -0.15) is 0 Å². The highest BCUT2D eigenvalue weighted by Crippen LogP contribution is 2.22. The van der Waals surface area contributed by atoms with Crippen molar-refractivity contribution in [2.75, 3.05) is 27.2 Å². The van der Waals surface area contributed by atoms with Crippen molar-refractivity contribution in [2.24, 2.45) is 10.9 Å². The van der Waals surface area contributed by atoms with Crippen molar-refractivity contribution in [3.05, 3.63) is 60.2 Å². The molecule has 6 nitrogen and oxygen atoms in total. The summed E-state index contributed by atoms with van der Waals surface area (Å²) >= 11 is 0. The number of likely N-dealkylation sites (tertiary alicyclic amines) is 1. The van der Waals surface area contributed by atoms with Crippen molar-refractivity contribution in [3.8, 4) is 11.5 Å². The number of amides is 1. The zero-order chi connectivity index (χ0) is 20.5. The molecule has 1 heterocycles. The minimum atomic E-state index is 0. The fourth-order valence-corrected chi connectivity index (χ4v) is 3.53. The molecule has 2 aromatic carbocycles. The van der Waals surface area contributed by atoms with Gasteiger partial charge in [0.1, 0.15) is 11.5 Å². The van der Waals surface area contributed by atoms with E-state index in [1.54, 1.807) is 7.05 Å². The maximum Gasteiger partial charge on any atom is 0.220 e. The van der Waals surface area contributed by atoms with Crippen LogP contribution in [0.5, 0.6) is 11.5 Å². The number of rotatable bonds is 6. The Morgan fingerprint density at radius 3 is 2.30 bits per heavy atom. The van der Waals surface area contributed by atoms with Crippen molar-refractivity contribution < 1.29 is 9.53 Å². The molecule has 2 aromatic rings. The highest BCUT2D eigenvalue weighted by atomic mass is 127. The number of nitrogens with zero attached hydrogens (tertiary/aromatic N) is 2. The van der Waals surface area contributed by atoms with Crippen LogP contribution in [-0.4, -0.2) is 44.0 Å². The van der Waals surface area contributed by atoms with Crippen molar-refractivity contribution in [1.29, 1.82) is 0 Å². The van der Waals surface area contributed by atoms with Crippen LogP contribution < -0.4 is 15.4 Å². The second-order valence-electron chi connectivity index (χ2n) is 7.27. The Labute approximate surface area is 196 Å². The summed E-state index contributed by atoms with van der Waals surface area (Å²) in [5.74, 6) is 3.15. The molecule has 0 spiro atoms. The van der Waals surface area contributed by atoms with Crippen molar-refractivity contribution >= 4 is 35.8 Å². The molecule has 1 fully saturated rings. The van der Waals surface area contributed by atoms with Gasteiger partial charge in [-0.15, -0.1) is 24.0 Å². The van der Waals surface area contributed by atoms with Crippen LogP contribution in [0.1, 0.15) is 24.8 Å². The van der Waals surface area contributed by atoms with Crippen LogP contribution >= 0.6 is 24.0 Å². The summed E-state index contributed by atoms with van der Waals surface area (Å²) in [5, 5.41) is 6.16. The fourth-order valence-electron chi connectivity index (χ4n) is 3.53. The van der Waals surface area contributed by atoms with E-state index in [0.29, 0.717) is 18.9 Å². The molecule has 3 rings (SSSR count). The van der Waals surface area contributed by atoms with Crippen molar-refractivity contribution in [3.63, 3.8) is 0 Å². The molecular weight excluding hydrogens is 491 g/mol. The molecule has 2 N–H and O–H groups in total. The molecule has 7 heteroatoms. The monoisotopic (exact) mass is 522 g/mol. The summed E-state index contributed by atoms with van der Waals surface area (Å²) in [6.45, 7) is 2.55. The lowest BCUT2D eigenvalue weighted by molar-refractivity contribution is -0.121. The van der Waals surface area contributed by atoms with E-state index in [-0.39, 0.29) is 29.9 Å². The third-order valence-corrected chi connectivity index (χ3v) is 5.23. The lowest BCUT2D eigenvalue weighted by atomic mass is 9.93. The van der Waals surface area contributed by atoms with Gasteiger partial charge in [0.25, 0.3) is 0 Å². The maximum atomic E-state index is 11.6. The Morgan fingerprint density at radius 1 is 1.07 bits per heavy atom. The average Bonchev–Trinajstić information content (AvgIpc) is 2.77. The summed E-state index contributed by atoms with van der Waals surface area (Å²) in [5.41, 5.74) is 1.17. The molecule has 1 amide bonds. The number of nitrogens with one attached hydrogen (secondary N) is 2. The second-order valence-corrected chi connectivity index (χ2v) is 7.27. The largest absolute Gasteiger partial charge is 0.457 e. The van der Waals surface area contributed by atoms with Crippen LogP contribution in [0.25, 0.3) is 0 Å². The van der Waals surface area contributed by atoms with Gasteiger partial charge in [0.15, 0.2) is 5.96 Å². The predicted octanol–water partition coefficient (Wildman–Crippen LogP) is 4.02. The van der Waals surface area contributed by atoms with Crippen LogP contribution in [-0.2, 0) is 11.3 Å². The second kappa shape index (κ2) is 12.4. The number of halogens is 1. The Bertz CT molecular complexity index is 804. The minimum Gasteiger partial charge on any atom is -0.457 e. The average molecular weight is 522 g/mol. The van der Waals surface area contributed by atoms with Crippen LogP contribution in [0.15, 0.2) is 59.6 Å². The minimum absolute atomic E-state index is 0. The quantitative estimate of drug-likeness (QED) is 0.342. The number of hydrogen-bond acceptors (Lipinski definition) is 3. The molecule has 30 heavy (non-hydrogen) atoms. The van der Waals surface area contributed by atoms with E-state index in [1.807, 2.05) is 49.5 Å². The number of hydrogen-bond donors (Lipinski definition) is 2. The highest BCUT2D eigenvalue weighted by Gasteiger charge is 2.22. The topological polar surface area (TPSA) is 66.0 Å². The first kappa shape index (κ1) is 24.0. The van der Waals surface area contributed by atoms with Crippen molar-refractivity contribution in [1.82, 2.24) is 15.5 Å². The molecule has 1 aliphatic heterocycles. The first-order valence-corrected chi connectivity index (χ1v) is 10.2. The summed E-state index contributed by atoms with van der Waals surface area (Å²) < 4.78 is 5.84. The van der Waals surface area contributed by atoms with Gasteiger partial charge in [-0.3, -0.25) is 9.79 Å². The molecule has 0 saturated carbocycles. The number of piperidine rings is 1. The molecule has 0 atom stereocenters. The Hall–Kier alpha value is -2.29. The molecule has 162 valence electrons. The first-order chi connectivity index (χ1) is 14.2. The van der Waals surface area contributed by atoms with Crippen LogP contribution in [0.4, 0.5) is 0 Å². The first-order valence-electron chi connectivity index (χ1n) is 10.2. The van der Waals surface area contributed by atoms with E-state index in [9.17, 15) is 4.79 Å². The number of aliphatic imine (C=N–C) groups is 1. The number of benzene rings is 2. The van der Waals surface area contributed by atoms with Crippen LogP contribution in [0.3, 0.4) is 0 Å². The van der Waals surface area contributed by atoms with E-state index in [1.165, 1.54) is 5.56 Å². The van der Waals surface area contributed by atoms with Gasteiger partial charge in [-0.1, -0.05) is 30.3 Å². The van der Waals surface area contributed by atoms with Crippen LogP contribution in [0.2, 0.25) is 0 Å². The lowest BCUT2D eigenvalue weighted by Gasteiger charge is -2.34. The van der Waals surface area contributed by atoms with Crippen molar-refractivity contribution in [2.45, 2.75) is 25.8 Å². The summed E-state index contributed by atoms with van der Waals surface area (Å²) in [6, 6.07) is 17.9. The molecule has 0 bridgehead atoms. The Balaban J connectivity index is 0.00000320. The van der Waals surface area contributed by atoms with E-state index >= 15 is 0 Å². The number of ether oxygens (including phenoxy) is 1. The molecule has 0 unspecified atom stereocenters. The molecule has 0 aliphatic carbocycles. The summed E-state index contributed by atoms with van der Waals surface area (Å²) in [4.78, 5) is 18.3. The third-order valence-electron chi connectivity index (χ3n) is 5.23. The number of carbonyl (C=O) groups excluding carboxylic acids is 1. The fraction of sp³-hybridized carbons (Fsp3) is 0.391. The third kappa shape index (κ3) is 7.19. The highest BCUT2D eigenvalue weighted by molar-refractivity contribution is 14.0. The van der Waals surface area contributed by atoms with E-state index in [2.05, 4.69) is 32.7 Å². The van der Waals surface area contributed by atoms with E-state index < -0.39 is 0 Å². The Kier molecular flexibility index (Phi) is 9.93. The lowest BCUT2D eigenvalue weighted by Crippen LogP contribution is -2.45. The standard InChI is InChI=1S/C23H30N4O2.HI/c1-24-22(28)16-18-12-14-27(15-13-18)23(25-2)26-17-19-8-10-21(11-9-19)29-20-6-4-3-5-7-20;/h3-11,18H,12-17H2,1-2H3,(H,24,28)(H,25,26);1H. The Morgan fingerprint density at radius 2 is 1.70 bits per heavy atom. The number of guanidine groups is 1. The predicted molar refractivity (Wildman–Crippen MR) is 132 cm³/mol. The SMILES string of the molecule is CN=C(NCc1ccc(Oc2ccccc2)cc1)N1CCC(CC(=O)NC)CC1.I. The van der Waals surface area contributed by atoms with Gasteiger partial charge >= 0.3 is 0 Å². The summed E-state index contributed by atoms with van der Waals surface area (Å²) in [6.07, 6.45) is 2.65. The smallest absolute Gasteiger partial charge is 0.220 e. The van der Waals surface area contributed by atoms with Gasteiger partial charge in [-0.25, -0.2) is 0 Å². The number of carbonyl (C=O) groups is 1. The molecule has 1 saturated heterocycles. The van der Waals surface area contributed by atoms with Gasteiger partial charge in [0, 0.05) is 40.2 Å². The number of para-hydroxylation sites is 1. The maximum absolute atomic E-state index is 11.6. The van der Waals surface area contributed by atoms with Gasteiger partial charge in [0.05, 0.1) is 0 Å². The molecule has 0 radical (unpaired) electrons. The van der Waals surface area contributed by atoms with Gasteiger partial charge in [-0.05, 0) is 48.6 Å². The molecular formula is C23H31IN4O2. The molecule has 0 aromatic heterocycles. The normalized spacial score (nSPS) is 14.6. The van der Waals surface area contributed by atoms with Gasteiger partial charge in [0.2, 0.25) is 5.91 Å². The zero-order valence-corrected chi connectivity index (χ0v) is 20.0. The molecule has 1 aliphatic rings. The van der Waals surface area contributed by atoms with Crippen LogP contribution in [0, 0.1) is 5.92 Å². The van der Waals surface area contributed by atoms with E-state index in [0.717, 1.165) is 43.4 Å².